The van der Waals surface area contributed by atoms with Gasteiger partial charge in [-0.15, -0.1) is 0 Å². The highest BCUT2D eigenvalue weighted by atomic mass is 16.5. The highest BCUT2D eigenvalue weighted by Crippen LogP contribution is 2.42. The van der Waals surface area contributed by atoms with Crippen LogP contribution in [0.15, 0.2) is 42.5 Å². The van der Waals surface area contributed by atoms with Crippen LogP contribution in [0.4, 0.5) is 11.5 Å². The number of nitrogens with one attached hydrogen (secondary N) is 1. The fraction of sp³-hybridized carbons (Fsp3) is 0.312. The van der Waals surface area contributed by atoms with Gasteiger partial charge in [-0.25, -0.2) is 0 Å². The molecule has 2 aromatic rings. The maximum Gasteiger partial charge on any atom is 0.239 e. The van der Waals surface area contributed by atoms with Crippen LogP contribution in [0.1, 0.15) is 24.8 Å². The van der Waals surface area contributed by atoms with Crippen molar-refractivity contribution in [2.24, 2.45) is 0 Å². The van der Waals surface area contributed by atoms with Crippen LogP contribution in [0.25, 0.3) is 0 Å². The minimum absolute atomic E-state index is 0.447. The lowest BCUT2D eigenvalue weighted by Crippen LogP contribution is -2.08. The Morgan fingerprint density at radius 3 is 2.80 bits per heavy atom. The SMILES string of the molecule is CCOc1nc(NC2CC2c2ccccc2)ccc1N. The molecule has 1 saturated carbocycles. The number of rotatable bonds is 5. The van der Waals surface area contributed by atoms with Crippen LogP contribution in [0, 0.1) is 0 Å². The maximum atomic E-state index is 5.83. The molecule has 1 heterocycles. The minimum Gasteiger partial charge on any atom is -0.476 e. The lowest BCUT2D eigenvalue weighted by Gasteiger charge is -2.09. The number of anilines is 2. The summed E-state index contributed by atoms with van der Waals surface area (Å²) in [6.07, 6.45) is 1.14. The topological polar surface area (TPSA) is 60.2 Å². The van der Waals surface area contributed by atoms with E-state index in [-0.39, 0.29) is 0 Å². The van der Waals surface area contributed by atoms with Crippen molar-refractivity contribution in [2.75, 3.05) is 17.7 Å². The Kier molecular flexibility index (Phi) is 3.46. The van der Waals surface area contributed by atoms with Crippen LogP contribution in [-0.4, -0.2) is 17.6 Å². The van der Waals surface area contributed by atoms with Gasteiger partial charge in [0.25, 0.3) is 0 Å². The number of ether oxygens (including phenoxy) is 1. The molecule has 1 aliphatic rings. The van der Waals surface area contributed by atoms with Crippen LogP contribution in [0.2, 0.25) is 0 Å². The van der Waals surface area contributed by atoms with Gasteiger partial charge in [-0.05, 0) is 31.0 Å². The van der Waals surface area contributed by atoms with E-state index in [1.807, 2.05) is 25.1 Å². The van der Waals surface area contributed by atoms with E-state index < -0.39 is 0 Å². The first-order chi connectivity index (χ1) is 9.78. The molecular weight excluding hydrogens is 250 g/mol. The number of nitrogens with two attached hydrogens (primary N) is 1. The van der Waals surface area contributed by atoms with Crippen LogP contribution in [0.5, 0.6) is 5.88 Å². The number of nitrogen functional groups attached to an aromatic ring is 1. The third-order valence-corrected chi connectivity index (χ3v) is 3.52. The molecule has 4 heteroatoms. The zero-order valence-electron chi connectivity index (χ0n) is 11.5. The average Bonchev–Trinajstić information content (AvgIpc) is 3.23. The molecule has 1 aromatic carbocycles. The first-order valence-electron chi connectivity index (χ1n) is 6.98. The second-order valence-corrected chi connectivity index (χ2v) is 5.03. The van der Waals surface area contributed by atoms with Crippen molar-refractivity contribution in [3.8, 4) is 5.88 Å². The number of hydrogen-bond acceptors (Lipinski definition) is 4. The van der Waals surface area contributed by atoms with Gasteiger partial charge in [0, 0.05) is 12.0 Å². The average molecular weight is 269 g/mol. The second kappa shape index (κ2) is 5.41. The fourth-order valence-corrected chi connectivity index (χ4v) is 2.40. The second-order valence-electron chi connectivity index (χ2n) is 5.03. The van der Waals surface area contributed by atoms with Crippen molar-refractivity contribution in [2.45, 2.75) is 25.3 Å². The molecule has 2 atom stereocenters. The maximum absolute atomic E-state index is 5.83. The van der Waals surface area contributed by atoms with Crippen molar-refractivity contribution < 1.29 is 4.74 Å². The Balaban J connectivity index is 1.66. The van der Waals surface area contributed by atoms with E-state index in [0.717, 1.165) is 12.2 Å². The zero-order valence-corrected chi connectivity index (χ0v) is 11.5. The minimum atomic E-state index is 0.447. The van der Waals surface area contributed by atoms with Gasteiger partial charge in [0.2, 0.25) is 5.88 Å². The summed E-state index contributed by atoms with van der Waals surface area (Å²) in [6.45, 7) is 2.49. The van der Waals surface area contributed by atoms with Gasteiger partial charge in [-0.2, -0.15) is 4.98 Å². The number of pyridine rings is 1. The van der Waals surface area contributed by atoms with E-state index in [1.165, 1.54) is 5.56 Å². The highest BCUT2D eigenvalue weighted by molar-refractivity contribution is 5.54. The Bertz CT molecular complexity index is 586. The third kappa shape index (κ3) is 2.69. The summed E-state index contributed by atoms with van der Waals surface area (Å²) in [5, 5.41) is 3.44. The lowest BCUT2D eigenvalue weighted by atomic mass is 10.1. The summed E-state index contributed by atoms with van der Waals surface area (Å²) in [5.74, 6) is 1.91. The first kappa shape index (κ1) is 12.8. The molecule has 2 unspecified atom stereocenters. The fourth-order valence-electron chi connectivity index (χ4n) is 2.40. The van der Waals surface area contributed by atoms with Crippen molar-refractivity contribution >= 4 is 11.5 Å². The van der Waals surface area contributed by atoms with Gasteiger partial charge in [-0.3, -0.25) is 0 Å². The number of hydrogen-bond donors (Lipinski definition) is 2. The standard InChI is InChI=1S/C16H19N3O/c1-2-20-16-13(17)8-9-15(19-16)18-14-10-12(14)11-6-4-3-5-7-11/h3-9,12,14H,2,10,17H2,1H3,(H,18,19). The molecule has 1 aliphatic carbocycles. The van der Waals surface area contributed by atoms with Crippen LogP contribution in [-0.2, 0) is 0 Å². The number of nitrogens with zero attached hydrogens (tertiary/aromatic N) is 1. The van der Waals surface area contributed by atoms with Crippen LogP contribution >= 0.6 is 0 Å². The van der Waals surface area contributed by atoms with E-state index in [4.69, 9.17) is 10.5 Å². The molecule has 3 N–H and O–H groups in total. The quantitative estimate of drug-likeness (QED) is 0.876. The number of benzene rings is 1. The lowest BCUT2D eigenvalue weighted by molar-refractivity contribution is 0.329. The molecule has 0 aliphatic heterocycles. The van der Waals surface area contributed by atoms with Crippen LogP contribution < -0.4 is 15.8 Å². The Morgan fingerprint density at radius 2 is 2.05 bits per heavy atom. The number of aromatic nitrogens is 1. The van der Waals surface area contributed by atoms with Crippen molar-refractivity contribution in [1.29, 1.82) is 0 Å². The van der Waals surface area contributed by atoms with Gasteiger partial charge in [0.15, 0.2) is 0 Å². The molecule has 1 fully saturated rings. The predicted octanol–water partition coefficient (Wildman–Crippen LogP) is 3.03. The van der Waals surface area contributed by atoms with Gasteiger partial charge in [0.1, 0.15) is 5.82 Å². The molecule has 0 amide bonds. The van der Waals surface area contributed by atoms with E-state index >= 15 is 0 Å². The van der Waals surface area contributed by atoms with Gasteiger partial charge in [0.05, 0.1) is 12.3 Å². The largest absolute Gasteiger partial charge is 0.476 e. The molecule has 3 rings (SSSR count). The third-order valence-electron chi connectivity index (χ3n) is 3.52. The molecule has 1 aromatic heterocycles. The van der Waals surface area contributed by atoms with Crippen molar-refractivity contribution in [3.05, 3.63) is 48.0 Å². The van der Waals surface area contributed by atoms with E-state index in [1.54, 1.807) is 0 Å². The summed E-state index contributed by atoms with van der Waals surface area (Å²) >= 11 is 0. The molecule has 0 spiro atoms. The van der Waals surface area contributed by atoms with Crippen LogP contribution in [0.3, 0.4) is 0 Å². The molecule has 20 heavy (non-hydrogen) atoms. The Hall–Kier alpha value is -2.23. The molecule has 0 bridgehead atoms. The van der Waals surface area contributed by atoms with Crippen molar-refractivity contribution in [1.82, 2.24) is 4.98 Å². The van der Waals surface area contributed by atoms with E-state index in [2.05, 4.69) is 34.6 Å². The van der Waals surface area contributed by atoms with Gasteiger partial charge in [-0.1, -0.05) is 30.3 Å². The van der Waals surface area contributed by atoms with E-state index in [0.29, 0.717) is 30.1 Å². The Labute approximate surface area is 119 Å². The molecule has 0 radical (unpaired) electrons. The normalized spacial score (nSPS) is 20.4. The predicted molar refractivity (Wildman–Crippen MR) is 81.0 cm³/mol. The highest BCUT2D eigenvalue weighted by Gasteiger charge is 2.38. The van der Waals surface area contributed by atoms with Gasteiger partial charge < -0.3 is 15.8 Å². The van der Waals surface area contributed by atoms with Gasteiger partial charge >= 0.3 is 0 Å². The molecular formula is C16H19N3O. The summed E-state index contributed by atoms with van der Waals surface area (Å²) in [4.78, 5) is 4.41. The summed E-state index contributed by atoms with van der Waals surface area (Å²) in [6, 6.07) is 14.7. The monoisotopic (exact) mass is 269 g/mol. The smallest absolute Gasteiger partial charge is 0.239 e. The molecule has 104 valence electrons. The Morgan fingerprint density at radius 1 is 1.25 bits per heavy atom. The summed E-state index contributed by atoms with van der Waals surface area (Å²) < 4.78 is 5.41. The summed E-state index contributed by atoms with van der Waals surface area (Å²) in [7, 11) is 0. The van der Waals surface area contributed by atoms with E-state index in [9.17, 15) is 0 Å². The molecule has 0 saturated heterocycles. The molecule has 4 nitrogen and oxygen atoms in total. The van der Waals surface area contributed by atoms with Crippen molar-refractivity contribution in [3.63, 3.8) is 0 Å². The first-order valence-corrected chi connectivity index (χ1v) is 6.98. The summed E-state index contributed by atoms with van der Waals surface area (Å²) in [5.41, 5.74) is 7.78. The zero-order chi connectivity index (χ0) is 13.9.